The van der Waals surface area contributed by atoms with Crippen molar-refractivity contribution in [1.29, 1.82) is 5.26 Å². The number of aromatic nitrogens is 2. The summed E-state index contributed by atoms with van der Waals surface area (Å²) in [7, 11) is 0. The molecule has 1 saturated heterocycles. The molecule has 0 bridgehead atoms. The zero-order valence-electron chi connectivity index (χ0n) is 19.7. The number of likely N-dealkylation sites (N-methyl/N-ethyl adjacent to an activating group) is 1. The van der Waals surface area contributed by atoms with Crippen molar-refractivity contribution in [2.75, 3.05) is 43.4 Å². The van der Waals surface area contributed by atoms with Crippen molar-refractivity contribution in [3.05, 3.63) is 51.4 Å². The number of nitriles is 1. The van der Waals surface area contributed by atoms with Gasteiger partial charge in [0.25, 0.3) is 5.56 Å². The zero-order chi connectivity index (χ0) is 23.5. The molecule has 9 heteroatoms. The second kappa shape index (κ2) is 9.95. The highest BCUT2D eigenvalue weighted by atomic mass is 16.1. The topological polar surface area (TPSA) is 102 Å². The van der Waals surface area contributed by atoms with Crippen LogP contribution in [-0.2, 0) is 6.54 Å². The van der Waals surface area contributed by atoms with Gasteiger partial charge < -0.3 is 15.5 Å². The van der Waals surface area contributed by atoms with E-state index in [1.54, 1.807) is 16.8 Å². The van der Waals surface area contributed by atoms with Crippen molar-refractivity contribution >= 4 is 17.9 Å². The number of pyridine rings is 2. The summed E-state index contributed by atoms with van der Waals surface area (Å²) in [5.74, 6) is 1.45. The maximum Gasteiger partial charge on any atom is 0.270 e. The molecular formula is C25H32N8O. The van der Waals surface area contributed by atoms with Gasteiger partial charge in [0.05, 0.1) is 0 Å². The molecule has 0 aromatic carbocycles. The number of nitrogens with one attached hydrogen (secondary N) is 2. The lowest BCUT2D eigenvalue weighted by Gasteiger charge is -2.34. The average Bonchev–Trinajstić information content (AvgIpc) is 3.40. The van der Waals surface area contributed by atoms with Crippen LogP contribution < -0.4 is 16.2 Å². The van der Waals surface area contributed by atoms with E-state index in [4.69, 9.17) is 0 Å². The molecule has 3 aliphatic rings. The van der Waals surface area contributed by atoms with E-state index >= 15 is 0 Å². The minimum absolute atomic E-state index is 0.116. The Balaban J connectivity index is 1.27. The number of piperazine rings is 1. The van der Waals surface area contributed by atoms with Gasteiger partial charge in [0.1, 0.15) is 23.3 Å². The molecule has 178 valence electrons. The molecule has 1 saturated carbocycles. The third-order valence-electron chi connectivity index (χ3n) is 7.14. The summed E-state index contributed by atoms with van der Waals surface area (Å²) in [6, 6.07) is 7.88. The van der Waals surface area contributed by atoms with E-state index in [2.05, 4.69) is 43.4 Å². The Labute approximate surface area is 200 Å². The van der Waals surface area contributed by atoms with Crippen molar-refractivity contribution in [3.8, 4) is 6.07 Å². The van der Waals surface area contributed by atoms with Gasteiger partial charge in [0.15, 0.2) is 6.29 Å². The first-order valence-electron chi connectivity index (χ1n) is 12.3. The molecular weight excluding hydrogens is 428 g/mol. The van der Waals surface area contributed by atoms with Crippen LogP contribution in [0.4, 0.5) is 11.6 Å². The Morgan fingerprint density at radius 1 is 1.18 bits per heavy atom. The maximum absolute atomic E-state index is 13.0. The predicted octanol–water partition coefficient (Wildman–Crippen LogP) is 2.61. The van der Waals surface area contributed by atoms with Crippen LogP contribution in [-0.4, -0.2) is 64.6 Å². The smallest absolute Gasteiger partial charge is 0.270 e. The normalized spacial score (nSPS) is 21.1. The molecule has 34 heavy (non-hydrogen) atoms. The van der Waals surface area contributed by atoms with Crippen LogP contribution in [0.25, 0.3) is 0 Å². The molecule has 2 N–H and O–H groups in total. The van der Waals surface area contributed by atoms with Crippen LogP contribution >= 0.6 is 0 Å². The Morgan fingerprint density at radius 2 is 1.94 bits per heavy atom. The number of nitrogens with zero attached hydrogens (tertiary/aromatic N) is 6. The fourth-order valence-corrected chi connectivity index (χ4v) is 5.16. The van der Waals surface area contributed by atoms with E-state index in [-0.39, 0.29) is 17.2 Å². The van der Waals surface area contributed by atoms with Crippen molar-refractivity contribution in [3.63, 3.8) is 0 Å². The molecule has 1 unspecified atom stereocenters. The Hall–Kier alpha value is -3.22. The van der Waals surface area contributed by atoms with E-state index in [1.165, 1.54) is 5.56 Å². The number of fused-ring (bicyclic) bond motifs is 1. The Kier molecular flexibility index (Phi) is 6.61. The minimum atomic E-state index is -0.437. The van der Waals surface area contributed by atoms with E-state index < -0.39 is 6.29 Å². The Morgan fingerprint density at radius 3 is 2.62 bits per heavy atom. The van der Waals surface area contributed by atoms with Gasteiger partial charge in [-0.25, -0.2) is 9.98 Å². The van der Waals surface area contributed by atoms with Crippen molar-refractivity contribution in [2.24, 2.45) is 4.99 Å². The van der Waals surface area contributed by atoms with Crippen LogP contribution in [0.15, 0.2) is 34.2 Å². The summed E-state index contributed by atoms with van der Waals surface area (Å²) in [6.07, 6.45) is 7.32. The third kappa shape index (κ3) is 4.69. The summed E-state index contributed by atoms with van der Waals surface area (Å²) in [5.41, 5.74) is 1.91. The maximum atomic E-state index is 13.0. The van der Waals surface area contributed by atoms with Gasteiger partial charge in [-0.1, -0.05) is 25.8 Å². The second-order valence-corrected chi connectivity index (χ2v) is 9.32. The number of hydrogen-bond donors (Lipinski definition) is 2. The fraction of sp³-hybridized carbons (Fsp3) is 0.520. The highest BCUT2D eigenvalue weighted by Crippen LogP contribution is 2.33. The van der Waals surface area contributed by atoms with Gasteiger partial charge in [0.2, 0.25) is 0 Å². The first-order valence-corrected chi connectivity index (χ1v) is 12.3. The summed E-state index contributed by atoms with van der Waals surface area (Å²) < 4.78 is 1.77. The molecule has 5 rings (SSSR count). The van der Waals surface area contributed by atoms with Crippen LogP contribution in [0, 0.1) is 11.3 Å². The van der Waals surface area contributed by atoms with Crippen LogP contribution in [0.2, 0.25) is 0 Å². The lowest BCUT2D eigenvalue weighted by Crippen LogP contribution is -2.45. The molecule has 2 aliphatic heterocycles. The summed E-state index contributed by atoms with van der Waals surface area (Å²) in [4.78, 5) is 27.1. The van der Waals surface area contributed by atoms with Crippen molar-refractivity contribution in [1.82, 2.24) is 19.4 Å². The lowest BCUT2D eigenvalue weighted by atomic mass is 10.1. The van der Waals surface area contributed by atoms with E-state index in [1.807, 2.05) is 18.3 Å². The molecule has 0 spiro atoms. The zero-order valence-corrected chi connectivity index (χ0v) is 19.7. The number of aliphatic imine (C=N–C) groups is 1. The highest BCUT2D eigenvalue weighted by molar-refractivity contribution is 5.89. The lowest BCUT2D eigenvalue weighted by molar-refractivity contribution is 0.132. The second-order valence-electron chi connectivity index (χ2n) is 9.32. The SMILES string of the molecule is CCN1CCN(Cc2ccc(NC3N=Cc4cc(C#N)c(=O)n(C5CCCC5)c4N3)nc2)CC1. The van der Waals surface area contributed by atoms with Crippen LogP contribution in [0.1, 0.15) is 55.3 Å². The molecule has 4 heterocycles. The molecule has 1 atom stereocenters. The van der Waals surface area contributed by atoms with Gasteiger partial charge in [-0.05, 0) is 37.1 Å². The van der Waals surface area contributed by atoms with Gasteiger partial charge in [0, 0.05) is 56.7 Å². The van der Waals surface area contributed by atoms with Gasteiger partial charge >= 0.3 is 0 Å². The number of rotatable bonds is 6. The minimum Gasteiger partial charge on any atom is -0.332 e. The molecule has 0 radical (unpaired) electrons. The van der Waals surface area contributed by atoms with Crippen LogP contribution in [0.3, 0.4) is 0 Å². The van der Waals surface area contributed by atoms with Gasteiger partial charge in [-0.15, -0.1) is 0 Å². The molecule has 2 fully saturated rings. The summed E-state index contributed by atoms with van der Waals surface area (Å²) in [5, 5.41) is 16.1. The van der Waals surface area contributed by atoms with Crippen LogP contribution in [0.5, 0.6) is 0 Å². The monoisotopic (exact) mass is 460 g/mol. The summed E-state index contributed by atoms with van der Waals surface area (Å²) in [6.45, 7) is 8.67. The number of anilines is 2. The first kappa shape index (κ1) is 22.6. The average molecular weight is 461 g/mol. The largest absolute Gasteiger partial charge is 0.332 e. The van der Waals surface area contributed by atoms with E-state index in [0.717, 1.165) is 82.2 Å². The van der Waals surface area contributed by atoms with Crippen molar-refractivity contribution in [2.45, 2.75) is 51.5 Å². The molecule has 2 aromatic rings. The van der Waals surface area contributed by atoms with Gasteiger partial charge in [-0.2, -0.15) is 5.26 Å². The predicted molar refractivity (Wildman–Crippen MR) is 133 cm³/mol. The van der Waals surface area contributed by atoms with Gasteiger partial charge in [-0.3, -0.25) is 14.3 Å². The fourth-order valence-electron chi connectivity index (χ4n) is 5.16. The van der Waals surface area contributed by atoms with E-state index in [9.17, 15) is 10.1 Å². The summed E-state index contributed by atoms with van der Waals surface area (Å²) >= 11 is 0. The Bertz CT molecular complexity index is 1140. The third-order valence-corrected chi connectivity index (χ3v) is 7.14. The first-order chi connectivity index (χ1) is 16.6. The van der Waals surface area contributed by atoms with Crippen molar-refractivity contribution < 1.29 is 0 Å². The standard InChI is InChI=1S/C25H32N8O/c1-2-31-9-11-32(12-10-31)17-18-7-8-22(27-15-18)29-25-28-16-20-13-19(14-26)24(34)33(23(20)30-25)21-5-3-4-6-21/h7-8,13,15-16,21,25,30H,2-6,9-12,17H2,1H3,(H,27,29). The number of hydrogen-bond acceptors (Lipinski definition) is 8. The molecule has 9 nitrogen and oxygen atoms in total. The molecule has 1 aliphatic carbocycles. The van der Waals surface area contributed by atoms with E-state index in [0.29, 0.717) is 0 Å². The molecule has 0 amide bonds. The molecule has 2 aromatic heterocycles. The quantitative estimate of drug-likeness (QED) is 0.683. The highest BCUT2D eigenvalue weighted by Gasteiger charge is 2.27.